The molecular weight excluding hydrogens is 557 g/mol. The second-order valence-electron chi connectivity index (χ2n) is 10.1. The number of nitrogens with one attached hydrogen (secondary N) is 3. The van der Waals surface area contributed by atoms with Gasteiger partial charge in [-0.15, -0.1) is 0 Å². The number of fused-ring (bicyclic) bond motifs is 1. The molecule has 0 aromatic heterocycles. The van der Waals surface area contributed by atoms with Crippen LogP contribution in [0.25, 0.3) is 0 Å². The van der Waals surface area contributed by atoms with Crippen molar-refractivity contribution in [1.82, 2.24) is 20.9 Å². The van der Waals surface area contributed by atoms with Crippen LogP contribution in [-0.4, -0.2) is 85.1 Å². The van der Waals surface area contributed by atoms with Crippen molar-refractivity contribution >= 4 is 33.5 Å². The first-order chi connectivity index (χ1) is 18.5. The standard InChI is InChI=1S/C23H34N4O5S.C2HF3O2/c1-14(2)20(26-21(28)15(3)24-4)23(30)27-13-33(31,32)12-19(27)22(29)25-18-11-7-9-16-8-5-6-10-17(16)18;3-2(4,5)1(6)7/h5-6,8,10,14-15,18-20,24H,7,9,11-13H2,1-4H3,(H,25,29)(H,26,28);(H,6,7)/t15-,18+,19-,20-;/m0./s1. The van der Waals surface area contributed by atoms with Crippen molar-refractivity contribution in [3.8, 4) is 0 Å². The quantitative estimate of drug-likeness (QED) is 0.367. The number of halogens is 3. The molecule has 1 aliphatic heterocycles. The molecule has 1 aliphatic carbocycles. The van der Waals surface area contributed by atoms with Crippen LogP contribution >= 0.6 is 0 Å². The molecule has 1 saturated heterocycles. The van der Waals surface area contributed by atoms with E-state index in [1.165, 1.54) is 5.56 Å². The van der Waals surface area contributed by atoms with E-state index in [1.54, 1.807) is 27.8 Å². The van der Waals surface area contributed by atoms with Crippen molar-refractivity contribution in [2.75, 3.05) is 18.7 Å². The number of sulfone groups is 1. The number of hydrogen-bond donors (Lipinski definition) is 4. The van der Waals surface area contributed by atoms with Gasteiger partial charge in [-0.05, 0) is 50.3 Å². The molecule has 1 heterocycles. The third-order valence-electron chi connectivity index (χ3n) is 6.69. The predicted molar refractivity (Wildman–Crippen MR) is 139 cm³/mol. The zero-order valence-corrected chi connectivity index (χ0v) is 23.4. The van der Waals surface area contributed by atoms with E-state index in [0.29, 0.717) is 0 Å². The average molecular weight is 593 g/mol. The minimum Gasteiger partial charge on any atom is -0.475 e. The molecule has 2 aliphatic rings. The summed E-state index contributed by atoms with van der Waals surface area (Å²) in [5, 5.41) is 15.6. The third-order valence-corrected chi connectivity index (χ3v) is 8.19. The molecule has 1 aromatic rings. The number of carbonyl (C=O) groups excluding carboxylic acids is 3. The van der Waals surface area contributed by atoms with Gasteiger partial charge in [0.25, 0.3) is 0 Å². The minimum atomic E-state index is -5.08. The van der Waals surface area contributed by atoms with Crippen LogP contribution in [0.1, 0.15) is 50.8 Å². The number of amides is 3. The molecule has 0 bridgehead atoms. The monoisotopic (exact) mass is 592 g/mol. The van der Waals surface area contributed by atoms with Crippen LogP contribution in [-0.2, 0) is 35.4 Å². The molecule has 15 heteroatoms. The van der Waals surface area contributed by atoms with Crippen LogP contribution in [0.2, 0.25) is 0 Å². The summed E-state index contributed by atoms with van der Waals surface area (Å²) in [5.41, 5.74) is 2.20. The van der Waals surface area contributed by atoms with Crippen molar-refractivity contribution in [3.63, 3.8) is 0 Å². The lowest BCUT2D eigenvalue weighted by Gasteiger charge is -2.32. The highest BCUT2D eigenvalue weighted by Crippen LogP contribution is 2.30. The van der Waals surface area contributed by atoms with Gasteiger partial charge in [0, 0.05) is 0 Å². The molecule has 3 amide bonds. The third kappa shape index (κ3) is 8.65. The fourth-order valence-corrected chi connectivity index (χ4v) is 6.04. The Hall–Kier alpha value is -3.20. The maximum atomic E-state index is 13.4. The minimum absolute atomic E-state index is 0.222. The number of hydrogen-bond acceptors (Lipinski definition) is 7. The van der Waals surface area contributed by atoms with Crippen molar-refractivity contribution in [1.29, 1.82) is 0 Å². The van der Waals surface area contributed by atoms with Crippen LogP contribution in [0.4, 0.5) is 13.2 Å². The van der Waals surface area contributed by atoms with Crippen LogP contribution < -0.4 is 16.0 Å². The smallest absolute Gasteiger partial charge is 0.475 e. The Morgan fingerprint density at radius 2 is 1.70 bits per heavy atom. The number of benzene rings is 1. The first-order valence-corrected chi connectivity index (χ1v) is 14.5. The maximum absolute atomic E-state index is 13.4. The SMILES string of the molecule is CN[C@@H](C)C(=O)N[C@H](C(=O)N1CS(=O)(=O)C[C@H]1C(=O)N[C@@H]1CCCc2ccccc21)C(C)C.O=C(O)C(F)(F)F. The molecule has 4 atom stereocenters. The number of alkyl halides is 3. The lowest BCUT2D eigenvalue weighted by molar-refractivity contribution is -0.192. The molecule has 0 spiro atoms. The summed E-state index contributed by atoms with van der Waals surface area (Å²) < 4.78 is 56.6. The fourth-order valence-electron chi connectivity index (χ4n) is 4.39. The number of aliphatic carboxylic acids is 1. The van der Waals surface area contributed by atoms with Crippen molar-refractivity contribution < 1.29 is 45.9 Å². The average Bonchev–Trinajstić information content (AvgIpc) is 3.21. The number of likely N-dealkylation sites (N-methyl/N-ethyl adjacent to an activating group) is 1. The van der Waals surface area contributed by atoms with Gasteiger partial charge >= 0.3 is 12.1 Å². The van der Waals surface area contributed by atoms with Gasteiger partial charge in [-0.3, -0.25) is 14.4 Å². The van der Waals surface area contributed by atoms with Crippen molar-refractivity contribution in [2.24, 2.45) is 5.92 Å². The summed E-state index contributed by atoms with van der Waals surface area (Å²) >= 11 is 0. The zero-order chi connectivity index (χ0) is 30.4. The van der Waals surface area contributed by atoms with E-state index in [0.717, 1.165) is 29.7 Å². The molecule has 1 aromatic carbocycles. The molecule has 40 heavy (non-hydrogen) atoms. The molecule has 224 valence electrons. The maximum Gasteiger partial charge on any atom is 0.490 e. The molecule has 0 saturated carbocycles. The molecule has 4 N–H and O–H groups in total. The van der Waals surface area contributed by atoms with E-state index in [4.69, 9.17) is 9.90 Å². The number of carboxylic acid groups (broad SMARTS) is 1. The Morgan fingerprint density at radius 1 is 1.10 bits per heavy atom. The van der Waals surface area contributed by atoms with E-state index < -0.39 is 63.6 Å². The van der Waals surface area contributed by atoms with E-state index >= 15 is 0 Å². The summed E-state index contributed by atoms with van der Waals surface area (Å²) in [7, 11) is -1.99. The van der Waals surface area contributed by atoms with Gasteiger partial charge in [-0.1, -0.05) is 38.1 Å². The van der Waals surface area contributed by atoms with E-state index in [2.05, 4.69) is 16.0 Å². The zero-order valence-electron chi connectivity index (χ0n) is 22.6. The number of rotatable bonds is 7. The predicted octanol–water partition coefficient (Wildman–Crippen LogP) is 1.15. The Kier molecular flexibility index (Phi) is 11.1. The van der Waals surface area contributed by atoms with Gasteiger partial charge < -0.3 is 26.0 Å². The van der Waals surface area contributed by atoms with Gasteiger partial charge in [0.2, 0.25) is 17.7 Å². The van der Waals surface area contributed by atoms with E-state index in [-0.39, 0.29) is 17.9 Å². The topological polar surface area (TPSA) is 162 Å². The second kappa shape index (κ2) is 13.4. The first kappa shape index (κ1) is 33.0. The Morgan fingerprint density at radius 3 is 2.25 bits per heavy atom. The highest BCUT2D eigenvalue weighted by molar-refractivity contribution is 7.91. The van der Waals surface area contributed by atoms with Crippen molar-refractivity contribution in [3.05, 3.63) is 35.4 Å². The van der Waals surface area contributed by atoms with E-state index in [9.17, 15) is 36.0 Å². The van der Waals surface area contributed by atoms with E-state index in [1.807, 2.05) is 24.3 Å². The Balaban J connectivity index is 0.000000708. The van der Waals surface area contributed by atoms with Gasteiger partial charge in [-0.2, -0.15) is 13.2 Å². The lowest BCUT2D eigenvalue weighted by Crippen LogP contribution is -2.57. The second-order valence-corrected chi connectivity index (χ2v) is 12.1. The van der Waals surface area contributed by atoms with Gasteiger partial charge in [0.1, 0.15) is 18.0 Å². The Labute approximate surface area is 230 Å². The number of nitrogens with zero attached hydrogens (tertiary/aromatic N) is 1. The summed E-state index contributed by atoms with van der Waals surface area (Å²) in [6.07, 6.45) is -2.48. The molecule has 0 unspecified atom stereocenters. The highest BCUT2D eigenvalue weighted by Gasteiger charge is 2.46. The van der Waals surface area contributed by atoms with Crippen LogP contribution in [0, 0.1) is 5.92 Å². The molecule has 1 fully saturated rings. The summed E-state index contributed by atoms with van der Waals surface area (Å²) in [6, 6.07) is 5.08. The molecular formula is C25H35F3N4O7S. The normalized spacial score (nSPS) is 21.4. The first-order valence-electron chi connectivity index (χ1n) is 12.6. The summed E-state index contributed by atoms with van der Waals surface area (Å²) in [6.45, 7) is 5.20. The largest absolute Gasteiger partial charge is 0.490 e. The highest BCUT2D eigenvalue weighted by atomic mass is 32.2. The summed E-state index contributed by atoms with van der Waals surface area (Å²) in [4.78, 5) is 49.0. The van der Waals surface area contributed by atoms with Crippen LogP contribution in [0.5, 0.6) is 0 Å². The number of aryl methyl sites for hydroxylation is 1. The number of carbonyl (C=O) groups is 4. The van der Waals surface area contributed by atoms with Gasteiger partial charge in [0.05, 0.1) is 17.8 Å². The number of carboxylic acids is 1. The fraction of sp³-hybridized carbons (Fsp3) is 0.600. The molecule has 3 rings (SSSR count). The Bertz CT molecular complexity index is 1210. The lowest BCUT2D eigenvalue weighted by atomic mass is 9.87. The van der Waals surface area contributed by atoms with Gasteiger partial charge in [0.15, 0.2) is 9.84 Å². The molecule has 0 radical (unpaired) electrons. The molecule has 11 nitrogen and oxygen atoms in total. The van der Waals surface area contributed by atoms with Gasteiger partial charge in [-0.25, -0.2) is 13.2 Å². The summed E-state index contributed by atoms with van der Waals surface area (Å²) in [5.74, 6) is -5.42. The van der Waals surface area contributed by atoms with Crippen molar-refractivity contribution in [2.45, 2.75) is 70.4 Å². The van der Waals surface area contributed by atoms with Crippen LogP contribution in [0.15, 0.2) is 24.3 Å². The van der Waals surface area contributed by atoms with Crippen LogP contribution in [0.3, 0.4) is 0 Å².